The van der Waals surface area contributed by atoms with Crippen molar-refractivity contribution in [2.24, 2.45) is 5.92 Å². The van der Waals surface area contributed by atoms with Gasteiger partial charge in [0.05, 0.1) is 5.92 Å². The predicted molar refractivity (Wildman–Crippen MR) is 70.8 cm³/mol. The lowest BCUT2D eigenvalue weighted by Crippen LogP contribution is -2.71. The molecular weight excluding hydrogens is 485 g/mol. The minimum Gasteiger partial charge on any atom is -0.459 e. The predicted octanol–water partition coefficient (Wildman–Crippen LogP) is 6.34. The lowest BCUT2D eigenvalue weighted by Gasteiger charge is -2.41. The first-order valence-corrected chi connectivity index (χ1v) is 7.82. The summed E-state index contributed by atoms with van der Waals surface area (Å²) in [5, 5.41) is 0. The molecule has 0 aliphatic rings. The maximum atomic E-state index is 13.5. The van der Waals surface area contributed by atoms with Crippen molar-refractivity contribution >= 4 is 5.97 Å². The summed E-state index contributed by atoms with van der Waals surface area (Å²) >= 11 is 0. The molecule has 1 atom stereocenters. The van der Waals surface area contributed by atoms with Crippen molar-refractivity contribution in [3.05, 3.63) is 0 Å². The van der Waals surface area contributed by atoms with Gasteiger partial charge in [0.15, 0.2) is 6.61 Å². The van der Waals surface area contributed by atoms with Gasteiger partial charge in [0.1, 0.15) is 6.42 Å². The fourth-order valence-corrected chi connectivity index (χ4v) is 1.78. The van der Waals surface area contributed by atoms with Crippen LogP contribution in [-0.4, -0.2) is 54.3 Å². The average molecular weight is 498 g/mol. The molecule has 0 rings (SSSR count). The minimum absolute atomic E-state index is 0.157. The van der Waals surface area contributed by atoms with Gasteiger partial charge in [-0.2, -0.15) is 65.9 Å². The summed E-state index contributed by atoms with van der Waals surface area (Å²) < 4.78 is 199. The molecule has 0 radical (unpaired) electrons. The second kappa shape index (κ2) is 8.41. The highest BCUT2D eigenvalue weighted by atomic mass is 19.4. The van der Waals surface area contributed by atoms with Crippen LogP contribution in [0.5, 0.6) is 0 Å². The summed E-state index contributed by atoms with van der Waals surface area (Å²) in [4.78, 5) is 11.2. The van der Waals surface area contributed by atoms with E-state index in [-0.39, 0.29) is 6.42 Å². The van der Waals surface area contributed by atoms with Gasteiger partial charge in [0.2, 0.25) is 0 Å². The number of alkyl halides is 15. The molecule has 17 heteroatoms. The van der Waals surface area contributed by atoms with E-state index >= 15 is 0 Å². The quantitative estimate of drug-likeness (QED) is 0.260. The van der Waals surface area contributed by atoms with Crippen molar-refractivity contribution < 1.29 is 75.4 Å². The van der Waals surface area contributed by atoms with Gasteiger partial charge >= 0.3 is 47.7 Å². The summed E-state index contributed by atoms with van der Waals surface area (Å²) in [6, 6.07) is 0. The Kier molecular flexibility index (Phi) is 7.98. The molecule has 0 aromatic rings. The van der Waals surface area contributed by atoms with E-state index in [1.54, 1.807) is 0 Å². The van der Waals surface area contributed by atoms with Gasteiger partial charge in [-0.05, 0) is 6.42 Å². The topological polar surface area (TPSA) is 26.3 Å². The molecule has 0 saturated heterocycles. The number of esters is 1. The van der Waals surface area contributed by atoms with E-state index in [0.29, 0.717) is 0 Å². The van der Waals surface area contributed by atoms with Gasteiger partial charge in [-0.15, -0.1) is 0 Å². The zero-order valence-electron chi connectivity index (χ0n) is 15.2. The molecule has 0 amide bonds. The van der Waals surface area contributed by atoms with Crippen LogP contribution in [0.25, 0.3) is 0 Å². The van der Waals surface area contributed by atoms with Crippen LogP contribution in [0.15, 0.2) is 0 Å². The fourth-order valence-electron chi connectivity index (χ4n) is 1.78. The Morgan fingerprint density at radius 3 is 1.35 bits per heavy atom. The highest BCUT2D eigenvalue weighted by Crippen LogP contribution is 2.61. The van der Waals surface area contributed by atoms with Crippen molar-refractivity contribution in [2.75, 3.05) is 6.61 Å². The summed E-state index contributed by atoms with van der Waals surface area (Å²) in [5.74, 6) is -48.2. The van der Waals surface area contributed by atoms with Gasteiger partial charge in [-0.1, -0.05) is 13.8 Å². The molecule has 0 saturated carbocycles. The molecule has 0 aromatic heterocycles. The van der Waals surface area contributed by atoms with Gasteiger partial charge in [-0.25, -0.2) is 0 Å². The zero-order valence-corrected chi connectivity index (χ0v) is 15.2. The maximum absolute atomic E-state index is 13.5. The van der Waals surface area contributed by atoms with Crippen LogP contribution in [0.3, 0.4) is 0 Å². The molecule has 1 unspecified atom stereocenters. The third-order valence-electron chi connectivity index (χ3n) is 3.93. The van der Waals surface area contributed by atoms with Crippen molar-refractivity contribution in [1.29, 1.82) is 0 Å². The second-order valence-corrected chi connectivity index (χ2v) is 6.42. The summed E-state index contributed by atoms with van der Waals surface area (Å²) in [5.41, 5.74) is 0. The van der Waals surface area contributed by atoms with E-state index < -0.39 is 66.6 Å². The largest absolute Gasteiger partial charge is 0.459 e. The Hall–Kier alpha value is -1.58. The molecule has 0 fully saturated rings. The van der Waals surface area contributed by atoms with Gasteiger partial charge in [-0.3, -0.25) is 4.79 Å². The Labute approximate surface area is 163 Å². The Balaban J connectivity index is 6.14. The Morgan fingerprint density at radius 1 is 0.677 bits per heavy atom. The van der Waals surface area contributed by atoms with Gasteiger partial charge in [0.25, 0.3) is 0 Å². The molecule has 2 nitrogen and oxygen atoms in total. The average Bonchev–Trinajstić information content (AvgIpc) is 2.55. The van der Waals surface area contributed by atoms with Crippen LogP contribution < -0.4 is 0 Å². The first kappa shape index (κ1) is 29.4. The molecule has 0 heterocycles. The Bertz CT molecular complexity index is 638. The summed E-state index contributed by atoms with van der Waals surface area (Å²) in [6.07, 6.45) is -10.7. The lowest BCUT2D eigenvalue weighted by molar-refractivity contribution is -0.430. The van der Waals surface area contributed by atoms with Crippen LogP contribution >= 0.6 is 0 Å². The van der Waals surface area contributed by atoms with E-state index in [4.69, 9.17) is 0 Å². The number of hydrogen-bond acceptors (Lipinski definition) is 2. The van der Waals surface area contributed by atoms with E-state index in [9.17, 15) is 70.7 Å². The van der Waals surface area contributed by atoms with Crippen LogP contribution in [0.4, 0.5) is 65.9 Å². The molecule has 0 N–H and O–H groups in total. The second-order valence-electron chi connectivity index (χ2n) is 6.42. The lowest BCUT2D eigenvalue weighted by atomic mass is 9.90. The van der Waals surface area contributed by atoms with Crippen LogP contribution in [-0.2, 0) is 9.53 Å². The van der Waals surface area contributed by atoms with E-state index in [1.165, 1.54) is 6.92 Å². The SMILES string of the molecule is CCC(C)C(=O)OCC(F)(F)C(F)(F)C(F)(F)C(F)(F)C(F)(F)C(F)(F)CC(F)(F)F. The van der Waals surface area contributed by atoms with Gasteiger partial charge < -0.3 is 4.74 Å². The molecule has 0 aliphatic carbocycles. The number of halogens is 15. The normalized spacial score (nSPS) is 16.3. The smallest absolute Gasteiger partial charge is 0.395 e. The van der Waals surface area contributed by atoms with Crippen molar-refractivity contribution in [1.82, 2.24) is 0 Å². The summed E-state index contributed by atoms with van der Waals surface area (Å²) in [7, 11) is 0. The molecule has 0 aromatic carbocycles. The molecule has 0 aliphatic heterocycles. The molecular formula is C14H13F15O2. The number of carbonyl (C=O) groups is 1. The third-order valence-corrected chi connectivity index (χ3v) is 3.93. The fraction of sp³-hybridized carbons (Fsp3) is 0.929. The number of carbonyl (C=O) groups excluding carboxylic acids is 1. The van der Waals surface area contributed by atoms with E-state index in [1.807, 2.05) is 0 Å². The highest BCUT2D eigenvalue weighted by Gasteiger charge is 2.90. The first-order valence-electron chi connectivity index (χ1n) is 7.82. The van der Waals surface area contributed by atoms with Crippen molar-refractivity contribution in [3.8, 4) is 0 Å². The standard InChI is InChI=1S/C14H13F15O2/c1-3-6(2)7(30)31-5-9(17,18)12(24,25)14(28,29)13(26,27)11(22,23)8(15,16)4-10(19,20)21/h6H,3-5H2,1-2H3. The molecule has 0 spiro atoms. The Morgan fingerprint density at radius 2 is 1.03 bits per heavy atom. The van der Waals surface area contributed by atoms with Crippen LogP contribution in [0.2, 0.25) is 0 Å². The van der Waals surface area contributed by atoms with E-state index in [0.717, 1.165) is 6.92 Å². The van der Waals surface area contributed by atoms with Crippen LogP contribution in [0.1, 0.15) is 26.7 Å². The number of rotatable bonds is 10. The number of ether oxygens (including phenoxy) is 1. The highest BCUT2D eigenvalue weighted by molar-refractivity contribution is 5.71. The minimum atomic E-state index is -8.12. The first-order chi connectivity index (χ1) is 13.3. The van der Waals surface area contributed by atoms with Crippen molar-refractivity contribution in [3.63, 3.8) is 0 Å². The monoisotopic (exact) mass is 498 g/mol. The number of hydrogen-bond donors (Lipinski definition) is 0. The molecule has 31 heavy (non-hydrogen) atoms. The maximum Gasteiger partial charge on any atom is 0.395 e. The molecule has 186 valence electrons. The van der Waals surface area contributed by atoms with Crippen LogP contribution in [0, 0.1) is 5.92 Å². The summed E-state index contributed by atoms with van der Waals surface area (Å²) in [6.45, 7) is -0.833. The van der Waals surface area contributed by atoms with E-state index in [2.05, 4.69) is 4.74 Å². The third kappa shape index (κ3) is 5.26. The van der Waals surface area contributed by atoms with Gasteiger partial charge in [0, 0.05) is 0 Å². The zero-order chi connectivity index (χ0) is 25.5. The molecule has 0 bridgehead atoms. The van der Waals surface area contributed by atoms with Crippen molar-refractivity contribution in [2.45, 2.75) is 68.4 Å².